The fourth-order valence-electron chi connectivity index (χ4n) is 3.47. The summed E-state index contributed by atoms with van der Waals surface area (Å²) in [5, 5.41) is 0. The molecule has 2 aliphatic rings. The van der Waals surface area contributed by atoms with Gasteiger partial charge >= 0.3 is 0 Å². The molecule has 2 aliphatic heterocycles. The van der Waals surface area contributed by atoms with Crippen molar-refractivity contribution >= 4 is 5.91 Å². The Bertz CT molecular complexity index is 430. The van der Waals surface area contributed by atoms with Crippen molar-refractivity contribution in [3.8, 4) is 0 Å². The lowest BCUT2D eigenvalue weighted by Gasteiger charge is -2.39. The number of hydrogen-bond acceptors (Lipinski definition) is 1. The molecule has 0 aliphatic carbocycles. The zero-order valence-electron chi connectivity index (χ0n) is 13.5. The van der Waals surface area contributed by atoms with E-state index in [1.54, 1.807) is 0 Å². The van der Waals surface area contributed by atoms with E-state index >= 15 is 0 Å². The molecule has 0 radical (unpaired) electrons. The van der Waals surface area contributed by atoms with E-state index < -0.39 is 0 Å². The second-order valence-corrected chi connectivity index (χ2v) is 6.83. The predicted molar refractivity (Wildman–Crippen MR) is 83.0 cm³/mol. The molecular weight excluding hydrogens is 248 g/mol. The summed E-state index contributed by atoms with van der Waals surface area (Å²) in [6, 6.07) is 0. The molecule has 0 aromatic carbocycles. The fraction of sp³-hybridized carbons (Fsp3) is 0.706. The number of carbonyl (C=O) groups excluding carboxylic acids is 1. The average Bonchev–Trinajstić information content (AvgIpc) is 2.46. The number of piperidine rings is 1. The van der Waals surface area contributed by atoms with E-state index in [0.29, 0.717) is 0 Å². The Morgan fingerprint density at radius 3 is 2.55 bits per heavy atom. The Morgan fingerprint density at radius 1 is 1.25 bits per heavy atom. The van der Waals surface area contributed by atoms with Gasteiger partial charge in [-0.15, -0.1) is 0 Å². The van der Waals surface area contributed by atoms with Crippen LogP contribution >= 0.6 is 0 Å². The van der Waals surface area contributed by atoms with Gasteiger partial charge in [0.1, 0.15) is 0 Å². The summed E-state index contributed by atoms with van der Waals surface area (Å²) in [5.41, 5.74) is 2.29. The fourth-order valence-corrected chi connectivity index (χ4v) is 3.47. The first-order valence-electron chi connectivity index (χ1n) is 7.93. The summed E-state index contributed by atoms with van der Waals surface area (Å²) in [7, 11) is 2.34. The molecule has 20 heavy (non-hydrogen) atoms. The maximum absolute atomic E-state index is 12.5. The Balaban J connectivity index is 2.04. The summed E-state index contributed by atoms with van der Waals surface area (Å²) >= 11 is 0. The Labute approximate surface area is 123 Å². The quantitative estimate of drug-likeness (QED) is 0.726. The molecule has 2 heterocycles. The standard InChI is InChI=1S/C17H29N2O/c1-14-12-15(2)17(20)18(16(3)13-14)8-11-19(4)9-6-5-7-10-19/h12-13,15H,5-11H2,1-4H3/q+1/t15-/m1/s1. The lowest BCUT2D eigenvalue weighted by Crippen LogP contribution is -2.52. The van der Waals surface area contributed by atoms with E-state index in [4.69, 9.17) is 0 Å². The molecule has 1 fully saturated rings. The highest BCUT2D eigenvalue weighted by Crippen LogP contribution is 2.21. The number of rotatable bonds is 3. The van der Waals surface area contributed by atoms with E-state index in [2.05, 4.69) is 33.0 Å². The van der Waals surface area contributed by atoms with Crippen LogP contribution < -0.4 is 0 Å². The van der Waals surface area contributed by atoms with Gasteiger partial charge in [-0.1, -0.05) is 18.6 Å². The van der Waals surface area contributed by atoms with Crippen molar-refractivity contribution in [2.24, 2.45) is 5.92 Å². The number of likely N-dealkylation sites (tertiary alicyclic amines) is 1. The van der Waals surface area contributed by atoms with Crippen LogP contribution in [0.4, 0.5) is 0 Å². The van der Waals surface area contributed by atoms with Crippen LogP contribution in [0, 0.1) is 5.92 Å². The minimum absolute atomic E-state index is 0.00429. The van der Waals surface area contributed by atoms with Gasteiger partial charge in [0.15, 0.2) is 0 Å². The molecule has 0 aromatic rings. The van der Waals surface area contributed by atoms with E-state index in [1.165, 1.54) is 37.9 Å². The van der Waals surface area contributed by atoms with Gasteiger partial charge in [-0.2, -0.15) is 0 Å². The van der Waals surface area contributed by atoms with Crippen LogP contribution in [0.1, 0.15) is 40.0 Å². The number of nitrogens with zero attached hydrogens (tertiary/aromatic N) is 2. The molecule has 0 spiro atoms. The predicted octanol–water partition coefficient (Wildman–Crippen LogP) is 2.95. The van der Waals surface area contributed by atoms with Gasteiger partial charge in [0, 0.05) is 5.70 Å². The molecule has 3 nitrogen and oxygen atoms in total. The largest absolute Gasteiger partial charge is 0.325 e. The van der Waals surface area contributed by atoms with Gasteiger partial charge in [-0.05, 0) is 39.2 Å². The number of hydrogen-bond donors (Lipinski definition) is 0. The first-order valence-corrected chi connectivity index (χ1v) is 7.93. The van der Waals surface area contributed by atoms with Crippen LogP contribution in [-0.4, -0.2) is 48.5 Å². The molecule has 2 rings (SSSR count). The molecular formula is C17H29N2O+. The third kappa shape index (κ3) is 3.51. The molecule has 1 amide bonds. The monoisotopic (exact) mass is 277 g/mol. The summed E-state index contributed by atoms with van der Waals surface area (Å²) in [6.45, 7) is 10.6. The molecule has 112 valence electrons. The number of likely N-dealkylation sites (N-methyl/N-ethyl adjacent to an activating group) is 1. The average molecular weight is 277 g/mol. The van der Waals surface area contributed by atoms with Gasteiger partial charge in [0.25, 0.3) is 0 Å². The molecule has 1 atom stereocenters. The Hall–Kier alpha value is -1.09. The maximum atomic E-state index is 12.5. The van der Waals surface area contributed by atoms with Crippen molar-refractivity contribution in [3.05, 3.63) is 23.4 Å². The zero-order valence-corrected chi connectivity index (χ0v) is 13.5. The van der Waals surface area contributed by atoms with Crippen molar-refractivity contribution in [1.29, 1.82) is 0 Å². The second-order valence-electron chi connectivity index (χ2n) is 6.83. The molecule has 0 aromatic heterocycles. The normalized spacial score (nSPS) is 26.9. The Morgan fingerprint density at radius 2 is 1.90 bits per heavy atom. The number of amides is 1. The number of allylic oxidation sites excluding steroid dienone is 3. The molecule has 1 saturated heterocycles. The van der Waals surface area contributed by atoms with Crippen LogP contribution in [0.25, 0.3) is 0 Å². The highest BCUT2D eigenvalue weighted by Gasteiger charge is 2.28. The first-order chi connectivity index (χ1) is 9.41. The molecule has 0 unspecified atom stereocenters. The van der Waals surface area contributed by atoms with Crippen LogP contribution in [0.15, 0.2) is 23.4 Å². The van der Waals surface area contributed by atoms with Crippen molar-refractivity contribution in [2.45, 2.75) is 40.0 Å². The van der Waals surface area contributed by atoms with E-state index in [-0.39, 0.29) is 11.8 Å². The third-order valence-corrected chi connectivity index (χ3v) is 4.79. The van der Waals surface area contributed by atoms with Crippen molar-refractivity contribution in [2.75, 3.05) is 33.2 Å². The molecule has 0 bridgehead atoms. The third-order valence-electron chi connectivity index (χ3n) is 4.79. The zero-order chi connectivity index (χ0) is 14.8. The van der Waals surface area contributed by atoms with Crippen LogP contribution in [-0.2, 0) is 4.79 Å². The van der Waals surface area contributed by atoms with Crippen LogP contribution in [0.2, 0.25) is 0 Å². The minimum atomic E-state index is -0.00429. The lowest BCUT2D eigenvalue weighted by atomic mass is 10.1. The van der Waals surface area contributed by atoms with E-state index in [9.17, 15) is 4.79 Å². The molecule has 0 N–H and O–H groups in total. The van der Waals surface area contributed by atoms with E-state index in [1.807, 2.05) is 11.8 Å². The number of quaternary nitrogens is 1. The van der Waals surface area contributed by atoms with E-state index in [0.717, 1.165) is 23.3 Å². The molecule has 3 heteroatoms. The van der Waals surface area contributed by atoms with Gasteiger partial charge in [0.2, 0.25) is 5.91 Å². The molecule has 0 saturated carbocycles. The van der Waals surface area contributed by atoms with Gasteiger partial charge < -0.3 is 9.38 Å². The SMILES string of the molecule is CC1=C[C@@H](C)C(=O)N(CC[N+]2(C)CCCCC2)C(C)=C1. The summed E-state index contributed by atoms with van der Waals surface area (Å²) in [6.07, 6.45) is 8.24. The van der Waals surface area contributed by atoms with Crippen LogP contribution in [0.5, 0.6) is 0 Å². The van der Waals surface area contributed by atoms with Crippen molar-refractivity contribution in [3.63, 3.8) is 0 Å². The Kier molecular flexibility index (Phi) is 4.69. The topological polar surface area (TPSA) is 20.3 Å². The minimum Gasteiger partial charge on any atom is -0.325 e. The van der Waals surface area contributed by atoms with Crippen molar-refractivity contribution in [1.82, 2.24) is 4.90 Å². The van der Waals surface area contributed by atoms with Gasteiger partial charge in [-0.25, -0.2) is 0 Å². The van der Waals surface area contributed by atoms with Crippen LogP contribution in [0.3, 0.4) is 0 Å². The summed E-state index contributed by atoms with van der Waals surface area (Å²) < 4.78 is 1.12. The first kappa shape index (κ1) is 15.3. The number of carbonyl (C=O) groups is 1. The van der Waals surface area contributed by atoms with Gasteiger partial charge in [0.05, 0.1) is 39.1 Å². The maximum Gasteiger partial charge on any atom is 0.233 e. The summed E-state index contributed by atoms with van der Waals surface area (Å²) in [5.74, 6) is 0.245. The lowest BCUT2D eigenvalue weighted by molar-refractivity contribution is -0.913. The van der Waals surface area contributed by atoms with Crippen molar-refractivity contribution < 1.29 is 9.28 Å². The smallest absolute Gasteiger partial charge is 0.233 e. The highest BCUT2D eigenvalue weighted by molar-refractivity contribution is 5.82. The summed E-state index contributed by atoms with van der Waals surface area (Å²) in [4.78, 5) is 14.5. The van der Waals surface area contributed by atoms with Gasteiger partial charge in [-0.3, -0.25) is 4.79 Å². The second kappa shape index (κ2) is 6.13. The highest BCUT2D eigenvalue weighted by atomic mass is 16.2.